The van der Waals surface area contributed by atoms with E-state index >= 15 is 0 Å². The SMILES string of the molecule is COc1cccnc1NCCNC(=O)OC(C)(C)C. The van der Waals surface area contributed by atoms with Crippen molar-refractivity contribution in [2.45, 2.75) is 26.4 Å². The van der Waals surface area contributed by atoms with Crippen molar-refractivity contribution < 1.29 is 14.3 Å². The second-order valence-electron chi connectivity index (χ2n) is 4.91. The van der Waals surface area contributed by atoms with E-state index in [0.717, 1.165) is 0 Å². The first-order valence-corrected chi connectivity index (χ1v) is 6.12. The molecule has 19 heavy (non-hydrogen) atoms. The maximum Gasteiger partial charge on any atom is 0.407 e. The molecule has 2 N–H and O–H groups in total. The second-order valence-corrected chi connectivity index (χ2v) is 4.91. The number of hydrogen-bond acceptors (Lipinski definition) is 5. The summed E-state index contributed by atoms with van der Waals surface area (Å²) in [6, 6.07) is 3.61. The van der Waals surface area contributed by atoms with E-state index in [0.29, 0.717) is 24.7 Å². The predicted octanol–water partition coefficient (Wildman–Crippen LogP) is 2.03. The van der Waals surface area contributed by atoms with E-state index in [2.05, 4.69) is 15.6 Å². The van der Waals surface area contributed by atoms with Crippen molar-refractivity contribution in [1.29, 1.82) is 0 Å². The van der Waals surface area contributed by atoms with Crippen LogP contribution in [0.2, 0.25) is 0 Å². The van der Waals surface area contributed by atoms with Gasteiger partial charge in [0.2, 0.25) is 0 Å². The first-order valence-electron chi connectivity index (χ1n) is 6.12. The number of pyridine rings is 1. The van der Waals surface area contributed by atoms with Crippen LogP contribution in [0.15, 0.2) is 18.3 Å². The van der Waals surface area contributed by atoms with Gasteiger partial charge in [-0.3, -0.25) is 0 Å². The summed E-state index contributed by atoms with van der Waals surface area (Å²) in [7, 11) is 1.58. The molecule has 0 aliphatic heterocycles. The van der Waals surface area contributed by atoms with E-state index in [1.807, 2.05) is 26.8 Å². The highest BCUT2D eigenvalue weighted by molar-refractivity contribution is 5.67. The average Bonchev–Trinajstić information content (AvgIpc) is 2.33. The Balaban J connectivity index is 2.29. The zero-order valence-electron chi connectivity index (χ0n) is 11.8. The molecule has 1 aromatic rings. The van der Waals surface area contributed by atoms with Gasteiger partial charge in [-0.1, -0.05) is 0 Å². The van der Waals surface area contributed by atoms with Crippen LogP contribution in [-0.2, 0) is 4.74 Å². The third kappa shape index (κ3) is 5.94. The molecule has 1 amide bonds. The fraction of sp³-hybridized carbons (Fsp3) is 0.538. The predicted molar refractivity (Wildman–Crippen MR) is 73.5 cm³/mol. The van der Waals surface area contributed by atoms with E-state index in [1.165, 1.54) is 0 Å². The zero-order chi connectivity index (χ0) is 14.3. The molecule has 0 saturated carbocycles. The van der Waals surface area contributed by atoms with Crippen LogP contribution >= 0.6 is 0 Å². The minimum atomic E-state index is -0.484. The molecule has 6 heteroatoms. The van der Waals surface area contributed by atoms with Gasteiger partial charge in [0, 0.05) is 19.3 Å². The Morgan fingerprint density at radius 3 is 2.74 bits per heavy atom. The molecule has 1 rings (SSSR count). The lowest BCUT2D eigenvalue weighted by Gasteiger charge is -2.19. The maximum atomic E-state index is 11.4. The van der Waals surface area contributed by atoms with Crippen molar-refractivity contribution >= 4 is 11.9 Å². The van der Waals surface area contributed by atoms with Gasteiger partial charge in [-0.2, -0.15) is 0 Å². The highest BCUT2D eigenvalue weighted by Gasteiger charge is 2.15. The molecule has 0 unspecified atom stereocenters. The summed E-state index contributed by atoms with van der Waals surface area (Å²) in [5, 5.41) is 5.73. The molecule has 0 aliphatic rings. The highest BCUT2D eigenvalue weighted by atomic mass is 16.6. The minimum absolute atomic E-state index is 0.428. The maximum absolute atomic E-state index is 11.4. The first-order chi connectivity index (χ1) is 8.92. The number of carbonyl (C=O) groups excluding carboxylic acids is 1. The normalized spacial score (nSPS) is 10.7. The van der Waals surface area contributed by atoms with Crippen LogP contribution in [0.1, 0.15) is 20.8 Å². The number of ether oxygens (including phenoxy) is 2. The van der Waals surface area contributed by atoms with Crippen LogP contribution in [0.5, 0.6) is 5.75 Å². The van der Waals surface area contributed by atoms with Crippen molar-refractivity contribution in [2.24, 2.45) is 0 Å². The van der Waals surface area contributed by atoms with Gasteiger partial charge in [0.15, 0.2) is 11.6 Å². The molecule has 0 bridgehead atoms. The van der Waals surface area contributed by atoms with Gasteiger partial charge in [0.05, 0.1) is 7.11 Å². The van der Waals surface area contributed by atoms with E-state index in [-0.39, 0.29) is 0 Å². The largest absolute Gasteiger partial charge is 0.493 e. The summed E-state index contributed by atoms with van der Waals surface area (Å²) in [6.07, 6.45) is 1.24. The van der Waals surface area contributed by atoms with E-state index in [9.17, 15) is 4.79 Å². The number of carbonyl (C=O) groups is 1. The Hall–Kier alpha value is -1.98. The fourth-order valence-corrected chi connectivity index (χ4v) is 1.35. The first kappa shape index (κ1) is 15.1. The number of nitrogens with zero attached hydrogens (tertiary/aromatic N) is 1. The summed E-state index contributed by atoms with van der Waals surface area (Å²) in [5.74, 6) is 1.32. The van der Waals surface area contributed by atoms with Crippen molar-refractivity contribution in [1.82, 2.24) is 10.3 Å². The molecular formula is C13H21N3O3. The van der Waals surface area contributed by atoms with E-state index in [1.54, 1.807) is 19.4 Å². The van der Waals surface area contributed by atoms with E-state index in [4.69, 9.17) is 9.47 Å². The molecule has 0 aliphatic carbocycles. The Bertz CT molecular complexity index is 416. The van der Waals surface area contributed by atoms with Gasteiger partial charge in [0.1, 0.15) is 5.60 Å². The summed E-state index contributed by atoms with van der Waals surface area (Å²) >= 11 is 0. The van der Waals surface area contributed by atoms with Gasteiger partial charge in [-0.25, -0.2) is 9.78 Å². The quantitative estimate of drug-likeness (QED) is 0.799. The molecule has 106 valence electrons. The molecule has 0 radical (unpaired) electrons. The van der Waals surface area contributed by atoms with Crippen molar-refractivity contribution in [3.05, 3.63) is 18.3 Å². The molecule has 1 aromatic heterocycles. The molecule has 0 aromatic carbocycles. The number of methoxy groups -OCH3 is 1. The molecular weight excluding hydrogens is 246 g/mol. The van der Waals surface area contributed by atoms with Crippen LogP contribution < -0.4 is 15.4 Å². The van der Waals surface area contributed by atoms with Crippen LogP contribution in [0.4, 0.5) is 10.6 Å². The van der Waals surface area contributed by atoms with Crippen molar-refractivity contribution in [3.63, 3.8) is 0 Å². The number of hydrogen-bond donors (Lipinski definition) is 2. The monoisotopic (exact) mass is 267 g/mol. The highest BCUT2D eigenvalue weighted by Crippen LogP contribution is 2.19. The topological polar surface area (TPSA) is 72.5 Å². The third-order valence-electron chi connectivity index (χ3n) is 2.08. The fourth-order valence-electron chi connectivity index (χ4n) is 1.35. The average molecular weight is 267 g/mol. The Kier molecular flexibility index (Phi) is 5.41. The number of amides is 1. The zero-order valence-corrected chi connectivity index (χ0v) is 11.8. The van der Waals surface area contributed by atoms with Crippen molar-refractivity contribution in [3.8, 4) is 5.75 Å². The number of anilines is 1. The lowest BCUT2D eigenvalue weighted by Crippen LogP contribution is -2.35. The number of nitrogens with one attached hydrogen (secondary N) is 2. The summed E-state index contributed by atoms with van der Waals surface area (Å²) in [4.78, 5) is 15.5. The lowest BCUT2D eigenvalue weighted by atomic mass is 10.2. The third-order valence-corrected chi connectivity index (χ3v) is 2.08. The van der Waals surface area contributed by atoms with E-state index < -0.39 is 11.7 Å². The standard InChI is InChI=1S/C13H21N3O3/c1-13(2,3)19-12(17)16-9-8-15-11-10(18-4)6-5-7-14-11/h5-7H,8-9H2,1-4H3,(H,14,15)(H,16,17). The second kappa shape index (κ2) is 6.82. The number of aromatic nitrogens is 1. The van der Waals surface area contributed by atoms with Crippen LogP contribution in [-0.4, -0.2) is 36.9 Å². The van der Waals surface area contributed by atoms with Crippen molar-refractivity contribution in [2.75, 3.05) is 25.5 Å². The lowest BCUT2D eigenvalue weighted by molar-refractivity contribution is 0.0530. The minimum Gasteiger partial charge on any atom is -0.493 e. The molecule has 6 nitrogen and oxygen atoms in total. The Labute approximate surface area is 113 Å². The molecule has 0 saturated heterocycles. The molecule has 0 fully saturated rings. The van der Waals surface area contributed by atoms with Crippen LogP contribution in [0.3, 0.4) is 0 Å². The van der Waals surface area contributed by atoms with Gasteiger partial charge in [-0.15, -0.1) is 0 Å². The Morgan fingerprint density at radius 2 is 2.11 bits per heavy atom. The van der Waals surface area contributed by atoms with Gasteiger partial charge in [0.25, 0.3) is 0 Å². The molecule has 1 heterocycles. The number of alkyl carbamates (subject to hydrolysis) is 1. The summed E-state index contributed by atoms with van der Waals surface area (Å²) in [5.41, 5.74) is -0.484. The Morgan fingerprint density at radius 1 is 1.37 bits per heavy atom. The van der Waals surface area contributed by atoms with Gasteiger partial charge >= 0.3 is 6.09 Å². The molecule has 0 atom stereocenters. The summed E-state index contributed by atoms with van der Waals surface area (Å²) < 4.78 is 10.3. The smallest absolute Gasteiger partial charge is 0.407 e. The summed E-state index contributed by atoms with van der Waals surface area (Å²) in [6.45, 7) is 6.44. The molecule has 0 spiro atoms. The van der Waals surface area contributed by atoms with Crippen LogP contribution in [0.25, 0.3) is 0 Å². The number of rotatable bonds is 5. The van der Waals surface area contributed by atoms with Gasteiger partial charge in [-0.05, 0) is 32.9 Å². The van der Waals surface area contributed by atoms with Gasteiger partial charge < -0.3 is 20.1 Å². The van der Waals surface area contributed by atoms with Crippen LogP contribution in [0, 0.1) is 0 Å².